The molecule has 0 aliphatic rings. The van der Waals surface area contributed by atoms with E-state index < -0.39 is 17.8 Å². The molecule has 0 saturated heterocycles. The summed E-state index contributed by atoms with van der Waals surface area (Å²) < 4.78 is 38.7. The molecule has 2 rings (SSSR count). The van der Waals surface area contributed by atoms with Gasteiger partial charge >= 0.3 is 12.1 Å². The van der Waals surface area contributed by atoms with Crippen molar-refractivity contribution in [1.29, 1.82) is 0 Å². The van der Waals surface area contributed by atoms with Gasteiger partial charge < -0.3 is 5.11 Å². The molecule has 8 heteroatoms. The lowest BCUT2D eigenvalue weighted by Crippen LogP contribution is -2.09. The quantitative estimate of drug-likeness (QED) is 0.924. The van der Waals surface area contributed by atoms with Crippen LogP contribution >= 0.6 is 15.9 Å². The van der Waals surface area contributed by atoms with E-state index in [1.54, 1.807) is 6.07 Å². The van der Waals surface area contributed by atoms with Gasteiger partial charge in [-0.05, 0) is 33.6 Å². The Morgan fingerprint density at radius 3 is 2.65 bits per heavy atom. The number of rotatable bonds is 3. The molecule has 0 aliphatic heterocycles. The lowest BCUT2D eigenvalue weighted by molar-refractivity contribution is -0.142. The molecular weight excluding hydrogens is 341 g/mol. The molecule has 0 bridgehead atoms. The molecule has 0 aliphatic carbocycles. The van der Waals surface area contributed by atoms with Crippen molar-refractivity contribution in [1.82, 2.24) is 9.78 Å². The Morgan fingerprint density at radius 2 is 2.10 bits per heavy atom. The van der Waals surface area contributed by atoms with E-state index in [4.69, 9.17) is 5.11 Å². The van der Waals surface area contributed by atoms with Gasteiger partial charge in [0.2, 0.25) is 0 Å². The number of hydrogen-bond acceptors (Lipinski definition) is 2. The highest BCUT2D eigenvalue weighted by Crippen LogP contribution is 2.33. The average Bonchev–Trinajstić information content (AvgIpc) is 2.70. The van der Waals surface area contributed by atoms with Crippen molar-refractivity contribution in [3.8, 4) is 0 Å². The number of carbonyl (C=O) groups is 1. The smallest absolute Gasteiger partial charge is 0.436 e. The zero-order chi connectivity index (χ0) is 14.9. The summed E-state index contributed by atoms with van der Waals surface area (Å²) in [7, 11) is 0. The summed E-state index contributed by atoms with van der Waals surface area (Å²) in [6, 6.07) is 5.95. The predicted octanol–water partition coefficient (Wildman–Crippen LogP) is 3.41. The number of nitrogens with zero attached hydrogens (tertiary/aromatic N) is 2. The molecule has 1 heterocycles. The molecule has 20 heavy (non-hydrogen) atoms. The predicted molar refractivity (Wildman–Crippen MR) is 67.4 cm³/mol. The van der Waals surface area contributed by atoms with E-state index in [2.05, 4.69) is 21.0 Å². The first kappa shape index (κ1) is 14.6. The van der Waals surface area contributed by atoms with Crippen LogP contribution in [0.5, 0.6) is 0 Å². The number of carboxylic acid groups (broad SMARTS) is 1. The van der Waals surface area contributed by atoms with E-state index in [9.17, 15) is 18.0 Å². The van der Waals surface area contributed by atoms with Crippen molar-refractivity contribution in [2.24, 2.45) is 0 Å². The molecule has 0 unspecified atom stereocenters. The van der Waals surface area contributed by atoms with E-state index in [-0.39, 0.29) is 16.6 Å². The Bertz CT molecular complexity index is 652. The van der Waals surface area contributed by atoms with Crippen LogP contribution in [0.15, 0.2) is 34.9 Å². The number of aromatic carboxylic acids is 1. The van der Waals surface area contributed by atoms with Crippen molar-refractivity contribution < 1.29 is 23.1 Å². The molecule has 0 atom stereocenters. The van der Waals surface area contributed by atoms with Crippen LogP contribution in [0.3, 0.4) is 0 Å². The van der Waals surface area contributed by atoms with Gasteiger partial charge in [-0.15, -0.1) is 0 Å². The topological polar surface area (TPSA) is 55.1 Å². The van der Waals surface area contributed by atoms with Crippen LogP contribution in [0.1, 0.15) is 21.6 Å². The summed E-state index contributed by atoms with van der Waals surface area (Å²) in [5.74, 6) is -1.09. The van der Waals surface area contributed by atoms with Crippen molar-refractivity contribution in [3.63, 3.8) is 0 Å². The first-order valence-corrected chi connectivity index (χ1v) is 6.19. The Hall–Kier alpha value is -1.83. The fourth-order valence-electron chi connectivity index (χ4n) is 1.66. The van der Waals surface area contributed by atoms with Gasteiger partial charge in [-0.1, -0.05) is 12.1 Å². The van der Waals surface area contributed by atoms with Gasteiger partial charge in [0, 0.05) is 6.20 Å². The highest BCUT2D eigenvalue weighted by molar-refractivity contribution is 9.10. The van der Waals surface area contributed by atoms with Crippen molar-refractivity contribution >= 4 is 21.9 Å². The Kier molecular flexibility index (Phi) is 3.85. The standard InChI is InChI=1S/C12H8BrF3N2O2/c13-9-6-18(17-10(9)12(14,15)16)5-7-2-1-3-8(4-7)11(19)20/h1-4,6H,5H2,(H,19,20). The second-order valence-electron chi connectivity index (χ2n) is 4.03. The molecular formula is C12H8BrF3N2O2. The maximum atomic E-state index is 12.6. The zero-order valence-corrected chi connectivity index (χ0v) is 11.4. The SMILES string of the molecule is O=C(O)c1cccc(Cn2cc(Br)c(C(F)(F)F)n2)c1. The lowest BCUT2D eigenvalue weighted by Gasteiger charge is -2.04. The van der Waals surface area contributed by atoms with E-state index in [1.807, 2.05) is 0 Å². The maximum absolute atomic E-state index is 12.6. The van der Waals surface area contributed by atoms with Crippen LogP contribution in [-0.2, 0) is 12.7 Å². The first-order valence-electron chi connectivity index (χ1n) is 5.40. The maximum Gasteiger partial charge on any atom is 0.436 e. The first-order chi connectivity index (χ1) is 9.27. The normalized spacial score (nSPS) is 11.6. The summed E-state index contributed by atoms with van der Waals surface area (Å²) in [5, 5.41) is 12.3. The van der Waals surface area contributed by atoms with Gasteiger partial charge in [0.05, 0.1) is 16.6 Å². The van der Waals surface area contributed by atoms with Crippen molar-refractivity contribution in [2.45, 2.75) is 12.7 Å². The molecule has 2 aromatic rings. The fourth-order valence-corrected chi connectivity index (χ4v) is 2.20. The Labute approximate surface area is 120 Å². The minimum atomic E-state index is -4.53. The number of benzene rings is 1. The van der Waals surface area contributed by atoms with E-state index in [0.29, 0.717) is 5.56 Å². The Morgan fingerprint density at radius 1 is 1.40 bits per heavy atom. The van der Waals surface area contributed by atoms with Crippen molar-refractivity contribution in [3.05, 3.63) is 51.8 Å². The van der Waals surface area contributed by atoms with E-state index in [0.717, 1.165) is 4.68 Å². The van der Waals surface area contributed by atoms with Gasteiger partial charge in [-0.2, -0.15) is 18.3 Å². The number of alkyl halides is 3. The average molecular weight is 349 g/mol. The highest BCUT2D eigenvalue weighted by Gasteiger charge is 2.36. The number of halogens is 4. The van der Waals surface area contributed by atoms with Gasteiger partial charge in [0.15, 0.2) is 5.69 Å². The summed E-state index contributed by atoms with van der Waals surface area (Å²) in [6.45, 7) is 0.0514. The van der Waals surface area contributed by atoms with Crippen LogP contribution in [-0.4, -0.2) is 20.9 Å². The number of aromatic nitrogens is 2. The van der Waals surface area contributed by atoms with Crippen LogP contribution < -0.4 is 0 Å². The third-order valence-corrected chi connectivity index (χ3v) is 3.08. The number of carboxylic acids is 1. The fraction of sp³-hybridized carbons (Fsp3) is 0.167. The monoisotopic (exact) mass is 348 g/mol. The molecule has 1 N–H and O–H groups in total. The number of hydrogen-bond donors (Lipinski definition) is 1. The molecule has 0 radical (unpaired) electrons. The van der Waals surface area contributed by atoms with Gasteiger partial charge in [-0.3, -0.25) is 4.68 Å². The molecule has 0 spiro atoms. The molecule has 0 saturated carbocycles. The molecule has 4 nitrogen and oxygen atoms in total. The van der Waals surface area contributed by atoms with Gasteiger partial charge in [-0.25, -0.2) is 4.79 Å². The summed E-state index contributed by atoms with van der Waals surface area (Å²) in [6.07, 6.45) is -3.33. The second kappa shape index (κ2) is 5.28. The van der Waals surface area contributed by atoms with Crippen LogP contribution in [0, 0.1) is 0 Å². The van der Waals surface area contributed by atoms with Crippen LogP contribution in [0.25, 0.3) is 0 Å². The summed E-state index contributed by atoms with van der Waals surface area (Å²) in [4.78, 5) is 10.8. The molecule has 0 amide bonds. The summed E-state index contributed by atoms with van der Waals surface area (Å²) in [5.41, 5.74) is -0.384. The van der Waals surface area contributed by atoms with Gasteiger partial charge in [0.25, 0.3) is 0 Å². The Balaban J connectivity index is 2.27. The van der Waals surface area contributed by atoms with Gasteiger partial charge in [0.1, 0.15) is 0 Å². The van der Waals surface area contributed by atoms with Crippen LogP contribution in [0.2, 0.25) is 0 Å². The highest BCUT2D eigenvalue weighted by atomic mass is 79.9. The third kappa shape index (κ3) is 3.19. The molecule has 0 fully saturated rings. The van der Waals surface area contributed by atoms with Crippen molar-refractivity contribution in [2.75, 3.05) is 0 Å². The minimum Gasteiger partial charge on any atom is -0.478 e. The summed E-state index contributed by atoms with van der Waals surface area (Å²) >= 11 is 2.81. The van der Waals surface area contributed by atoms with Crippen LogP contribution in [0.4, 0.5) is 13.2 Å². The lowest BCUT2D eigenvalue weighted by atomic mass is 10.1. The molecule has 1 aromatic heterocycles. The largest absolute Gasteiger partial charge is 0.478 e. The van der Waals surface area contributed by atoms with E-state index in [1.165, 1.54) is 24.4 Å². The minimum absolute atomic E-state index is 0.0514. The third-order valence-electron chi connectivity index (χ3n) is 2.50. The van der Waals surface area contributed by atoms with E-state index >= 15 is 0 Å². The molecule has 106 valence electrons. The molecule has 1 aromatic carbocycles. The zero-order valence-electron chi connectivity index (χ0n) is 9.86. The second-order valence-corrected chi connectivity index (χ2v) is 4.88.